The Morgan fingerprint density at radius 3 is 2.29 bits per heavy atom. The number of carboxylic acid groups (broad SMARTS) is 1. The van der Waals surface area contributed by atoms with Crippen LogP contribution in [0.2, 0.25) is 0 Å². The summed E-state index contributed by atoms with van der Waals surface area (Å²) in [5.74, 6) is -1.28. The minimum Gasteiger partial charge on any atom is -0.481 e. The van der Waals surface area contributed by atoms with Gasteiger partial charge in [-0.3, -0.25) is 4.79 Å². The van der Waals surface area contributed by atoms with Crippen LogP contribution < -0.4 is 5.32 Å². The zero-order valence-corrected chi connectivity index (χ0v) is 15.3. The number of hydrogen-bond donors (Lipinski definition) is 2. The summed E-state index contributed by atoms with van der Waals surface area (Å²) in [6.45, 7) is 2.57. The second kappa shape index (κ2) is 8.33. The lowest BCUT2D eigenvalue weighted by molar-refractivity contribution is -0.148. The minimum atomic E-state index is -4.60. The molecule has 2 rings (SSSR count). The standard InChI is InChI=1S/C20H20F3NO4/c1-19(2,17(25)26)16(14-9-6-10-15(11-14)20(21,22)23)24-18(27)28-12-13-7-4-3-5-8-13/h3-11,16H,12H2,1-2H3,(H,24,27)(H,25,26). The normalized spacial score (nSPS) is 12.9. The van der Waals surface area contributed by atoms with Gasteiger partial charge in [0.1, 0.15) is 6.61 Å². The van der Waals surface area contributed by atoms with Gasteiger partial charge in [0.15, 0.2) is 0 Å². The highest BCUT2D eigenvalue weighted by atomic mass is 19.4. The number of ether oxygens (including phenoxy) is 1. The third kappa shape index (κ3) is 5.25. The quantitative estimate of drug-likeness (QED) is 0.738. The average molecular weight is 395 g/mol. The Bertz CT molecular complexity index is 835. The predicted octanol–water partition coefficient (Wildman–Crippen LogP) is 4.78. The van der Waals surface area contributed by atoms with E-state index in [-0.39, 0.29) is 12.2 Å². The molecule has 0 saturated carbocycles. The number of halogens is 3. The van der Waals surface area contributed by atoms with Gasteiger partial charge in [-0.1, -0.05) is 42.5 Å². The topological polar surface area (TPSA) is 75.6 Å². The highest BCUT2D eigenvalue weighted by molar-refractivity contribution is 5.77. The number of alkyl carbamates (subject to hydrolysis) is 1. The zero-order valence-electron chi connectivity index (χ0n) is 15.3. The molecule has 150 valence electrons. The molecule has 0 aromatic heterocycles. The number of amides is 1. The second-order valence-electron chi connectivity index (χ2n) is 6.79. The Hall–Kier alpha value is -3.03. The van der Waals surface area contributed by atoms with E-state index in [0.29, 0.717) is 5.56 Å². The molecule has 2 N–H and O–H groups in total. The van der Waals surface area contributed by atoms with Crippen molar-refractivity contribution in [2.45, 2.75) is 32.7 Å². The first-order valence-electron chi connectivity index (χ1n) is 8.39. The molecule has 0 aliphatic carbocycles. The zero-order chi connectivity index (χ0) is 20.9. The van der Waals surface area contributed by atoms with Gasteiger partial charge in [0.05, 0.1) is 17.0 Å². The van der Waals surface area contributed by atoms with Crippen molar-refractivity contribution >= 4 is 12.1 Å². The van der Waals surface area contributed by atoms with E-state index in [1.807, 2.05) is 0 Å². The molecular weight excluding hydrogens is 375 g/mol. The van der Waals surface area contributed by atoms with Gasteiger partial charge in [0.25, 0.3) is 0 Å². The first-order chi connectivity index (χ1) is 13.0. The molecule has 0 fully saturated rings. The number of aliphatic carboxylic acids is 1. The number of carbonyl (C=O) groups excluding carboxylic acids is 1. The maximum absolute atomic E-state index is 13.0. The Morgan fingerprint density at radius 2 is 1.71 bits per heavy atom. The van der Waals surface area contributed by atoms with E-state index in [0.717, 1.165) is 12.1 Å². The van der Waals surface area contributed by atoms with Gasteiger partial charge in [-0.05, 0) is 37.1 Å². The third-order valence-corrected chi connectivity index (χ3v) is 4.30. The van der Waals surface area contributed by atoms with Gasteiger partial charge in [-0.25, -0.2) is 4.79 Å². The summed E-state index contributed by atoms with van der Waals surface area (Å²) in [4.78, 5) is 23.9. The number of alkyl halides is 3. The van der Waals surface area contributed by atoms with Crippen LogP contribution in [0.4, 0.5) is 18.0 Å². The highest BCUT2D eigenvalue weighted by Gasteiger charge is 2.40. The van der Waals surface area contributed by atoms with Gasteiger partial charge in [0.2, 0.25) is 0 Å². The molecule has 1 atom stereocenters. The Morgan fingerprint density at radius 1 is 1.07 bits per heavy atom. The lowest BCUT2D eigenvalue weighted by atomic mass is 9.80. The van der Waals surface area contributed by atoms with Crippen LogP contribution in [0.3, 0.4) is 0 Å². The van der Waals surface area contributed by atoms with Crippen LogP contribution in [0, 0.1) is 5.41 Å². The lowest BCUT2D eigenvalue weighted by Crippen LogP contribution is -2.42. The fourth-order valence-electron chi connectivity index (χ4n) is 2.58. The lowest BCUT2D eigenvalue weighted by Gasteiger charge is -2.31. The summed E-state index contributed by atoms with van der Waals surface area (Å²) in [7, 11) is 0. The Labute approximate surface area is 160 Å². The fraction of sp³-hybridized carbons (Fsp3) is 0.300. The van der Waals surface area contributed by atoms with Crippen molar-refractivity contribution < 1.29 is 32.6 Å². The van der Waals surface area contributed by atoms with Crippen LogP contribution in [0.15, 0.2) is 54.6 Å². The van der Waals surface area contributed by atoms with E-state index in [4.69, 9.17) is 4.74 Å². The summed E-state index contributed by atoms with van der Waals surface area (Å²) in [5, 5.41) is 11.9. The average Bonchev–Trinajstić information content (AvgIpc) is 2.64. The number of carbonyl (C=O) groups is 2. The summed E-state index contributed by atoms with van der Waals surface area (Å²) in [6, 6.07) is 11.7. The summed E-state index contributed by atoms with van der Waals surface area (Å²) in [5.41, 5.74) is -1.80. The largest absolute Gasteiger partial charge is 0.481 e. The van der Waals surface area contributed by atoms with Gasteiger partial charge in [0, 0.05) is 0 Å². The van der Waals surface area contributed by atoms with E-state index < -0.39 is 35.3 Å². The molecule has 1 amide bonds. The van der Waals surface area contributed by atoms with Gasteiger partial charge in [-0.15, -0.1) is 0 Å². The molecular formula is C20H20F3NO4. The maximum atomic E-state index is 13.0. The number of nitrogens with one attached hydrogen (secondary N) is 1. The third-order valence-electron chi connectivity index (χ3n) is 4.30. The monoisotopic (exact) mass is 395 g/mol. The maximum Gasteiger partial charge on any atom is 0.416 e. The number of benzene rings is 2. The van der Waals surface area contributed by atoms with Crippen LogP contribution in [-0.2, 0) is 22.3 Å². The van der Waals surface area contributed by atoms with E-state index in [1.165, 1.54) is 26.0 Å². The van der Waals surface area contributed by atoms with E-state index in [2.05, 4.69) is 5.32 Å². The Kier molecular flexibility index (Phi) is 6.33. The second-order valence-corrected chi connectivity index (χ2v) is 6.79. The van der Waals surface area contributed by atoms with Crippen molar-refractivity contribution in [2.75, 3.05) is 0 Å². The first kappa shape index (κ1) is 21.3. The van der Waals surface area contributed by atoms with Crippen molar-refractivity contribution in [2.24, 2.45) is 5.41 Å². The van der Waals surface area contributed by atoms with Gasteiger partial charge >= 0.3 is 18.2 Å². The van der Waals surface area contributed by atoms with Gasteiger partial charge < -0.3 is 15.2 Å². The van der Waals surface area contributed by atoms with Crippen LogP contribution in [-0.4, -0.2) is 17.2 Å². The summed E-state index contributed by atoms with van der Waals surface area (Å²) >= 11 is 0. The number of rotatable bonds is 6. The molecule has 0 radical (unpaired) electrons. The molecule has 0 saturated heterocycles. The molecule has 8 heteroatoms. The van der Waals surface area contributed by atoms with Crippen molar-refractivity contribution in [3.8, 4) is 0 Å². The van der Waals surface area contributed by atoms with Gasteiger partial charge in [-0.2, -0.15) is 13.2 Å². The molecule has 0 heterocycles. The van der Waals surface area contributed by atoms with Crippen molar-refractivity contribution in [1.82, 2.24) is 5.32 Å². The molecule has 2 aromatic carbocycles. The molecule has 1 unspecified atom stereocenters. The van der Waals surface area contributed by atoms with E-state index in [1.54, 1.807) is 30.3 Å². The highest BCUT2D eigenvalue weighted by Crippen LogP contribution is 2.37. The molecule has 28 heavy (non-hydrogen) atoms. The van der Waals surface area contributed by atoms with Crippen LogP contribution in [0.1, 0.15) is 36.6 Å². The molecule has 5 nitrogen and oxygen atoms in total. The molecule has 0 aliphatic rings. The summed E-state index contributed by atoms with van der Waals surface area (Å²) in [6.07, 6.45) is -5.53. The smallest absolute Gasteiger partial charge is 0.416 e. The van der Waals surface area contributed by atoms with Crippen LogP contribution >= 0.6 is 0 Å². The molecule has 2 aromatic rings. The molecule has 0 spiro atoms. The van der Waals surface area contributed by atoms with E-state index in [9.17, 15) is 27.9 Å². The Balaban J connectivity index is 2.25. The minimum absolute atomic E-state index is 0.0129. The SMILES string of the molecule is CC(C)(C(=O)O)C(NC(=O)OCc1ccccc1)c1cccc(C(F)(F)F)c1. The predicted molar refractivity (Wildman–Crippen MR) is 95.4 cm³/mol. The van der Waals surface area contributed by atoms with E-state index >= 15 is 0 Å². The fourth-order valence-corrected chi connectivity index (χ4v) is 2.58. The first-order valence-corrected chi connectivity index (χ1v) is 8.39. The molecule has 0 aliphatic heterocycles. The van der Waals surface area contributed by atoms with Crippen LogP contribution in [0.25, 0.3) is 0 Å². The van der Waals surface area contributed by atoms with Crippen molar-refractivity contribution in [3.05, 3.63) is 71.3 Å². The van der Waals surface area contributed by atoms with Crippen molar-refractivity contribution in [1.29, 1.82) is 0 Å². The molecule has 0 bridgehead atoms. The number of hydrogen-bond acceptors (Lipinski definition) is 3. The number of carboxylic acids is 1. The van der Waals surface area contributed by atoms with Crippen LogP contribution in [0.5, 0.6) is 0 Å². The van der Waals surface area contributed by atoms with Crippen molar-refractivity contribution in [3.63, 3.8) is 0 Å². The summed E-state index contributed by atoms with van der Waals surface area (Å²) < 4.78 is 44.2.